The number of hydrogen-bond acceptors (Lipinski definition) is 4. The van der Waals surface area contributed by atoms with E-state index < -0.39 is 5.91 Å². The Labute approximate surface area is 160 Å². The number of carbonyl (C=O) groups is 1. The van der Waals surface area contributed by atoms with Crippen LogP contribution in [-0.4, -0.2) is 19.0 Å². The van der Waals surface area contributed by atoms with E-state index in [1.54, 1.807) is 0 Å². The first-order valence-electron chi connectivity index (χ1n) is 9.50. The number of nitrogens with one attached hydrogen (secondary N) is 1. The van der Waals surface area contributed by atoms with E-state index in [0.29, 0.717) is 5.76 Å². The topological polar surface area (TPSA) is 69.3 Å². The van der Waals surface area contributed by atoms with E-state index in [9.17, 15) is 10.1 Å². The molecule has 1 aromatic carbocycles. The summed E-state index contributed by atoms with van der Waals surface area (Å²) in [5.41, 5.74) is 1.03. The lowest BCUT2D eigenvalue weighted by atomic mass is 10.1. The molecule has 27 heavy (non-hydrogen) atoms. The van der Waals surface area contributed by atoms with Crippen molar-refractivity contribution in [1.29, 1.82) is 5.26 Å². The summed E-state index contributed by atoms with van der Waals surface area (Å²) in [6.45, 7) is 3.86. The monoisotopic (exact) mass is 363 g/mol. The van der Waals surface area contributed by atoms with E-state index in [1.807, 2.05) is 55.5 Å². The van der Waals surface area contributed by atoms with Gasteiger partial charge in [-0.15, -0.1) is 0 Å². The van der Waals surface area contributed by atoms with Crippen molar-refractivity contribution in [3.63, 3.8) is 0 Å². The lowest BCUT2D eigenvalue weighted by molar-refractivity contribution is -0.117. The van der Waals surface area contributed by atoms with Crippen LogP contribution in [0.5, 0.6) is 0 Å². The number of benzene rings is 1. The Morgan fingerprint density at radius 2 is 1.85 bits per heavy atom. The number of amides is 1. The minimum Gasteiger partial charge on any atom is -0.441 e. The lowest BCUT2D eigenvalue weighted by Gasteiger charge is -2.18. The van der Waals surface area contributed by atoms with Crippen LogP contribution >= 0.6 is 0 Å². The highest BCUT2D eigenvalue weighted by molar-refractivity contribution is 6.01. The Morgan fingerprint density at radius 3 is 2.52 bits per heavy atom. The summed E-state index contributed by atoms with van der Waals surface area (Å²) in [4.78, 5) is 14.7. The van der Waals surface area contributed by atoms with Gasteiger partial charge in [0.25, 0.3) is 5.91 Å². The normalized spacial score (nSPS) is 16.3. The largest absolute Gasteiger partial charge is 0.441 e. The molecule has 1 aliphatic heterocycles. The van der Waals surface area contributed by atoms with Gasteiger partial charge in [-0.2, -0.15) is 5.26 Å². The van der Waals surface area contributed by atoms with Gasteiger partial charge in [-0.3, -0.25) is 4.79 Å². The van der Waals surface area contributed by atoms with E-state index in [-0.39, 0.29) is 11.6 Å². The summed E-state index contributed by atoms with van der Waals surface area (Å²) >= 11 is 0. The molecule has 2 aromatic rings. The van der Waals surface area contributed by atoms with Gasteiger partial charge in [0.2, 0.25) is 0 Å². The fraction of sp³-hybridized carbons (Fsp3) is 0.364. The SMILES string of the molecule is C[C@@H](NC(=O)/C(C#N)=C\c1ccc(N2CCCCCC2)o1)c1ccccc1. The zero-order valence-electron chi connectivity index (χ0n) is 15.6. The molecule has 5 nitrogen and oxygen atoms in total. The van der Waals surface area contributed by atoms with Crippen molar-refractivity contribution >= 4 is 17.9 Å². The third-order valence-electron chi connectivity index (χ3n) is 4.83. The van der Waals surface area contributed by atoms with E-state index in [0.717, 1.165) is 37.4 Å². The molecule has 0 saturated carbocycles. The molecule has 3 rings (SSSR count). The quantitative estimate of drug-likeness (QED) is 0.630. The number of nitriles is 1. The molecular formula is C22H25N3O2. The first-order valence-corrected chi connectivity index (χ1v) is 9.50. The maximum atomic E-state index is 12.5. The Hall–Kier alpha value is -3.00. The van der Waals surface area contributed by atoms with Crippen LogP contribution in [0, 0.1) is 11.3 Å². The first-order chi connectivity index (χ1) is 13.2. The molecule has 0 radical (unpaired) electrons. The molecule has 0 unspecified atom stereocenters. The van der Waals surface area contributed by atoms with Gasteiger partial charge in [-0.1, -0.05) is 43.2 Å². The van der Waals surface area contributed by atoms with Gasteiger partial charge in [-0.05, 0) is 31.4 Å². The van der Waals surface area contributed by atoms with Crippen molar-refractivity contribution in [3.8, 4) is 6.07 Å². The van der Waals surface area contributed by atoms with Gasteiger partial charge in [0.1, 0.15) is 17.4 Å². The highest BCUT2D eigenvalue weighted by atomic mass is 16.4. The summed E-state index contributed by atoms with van der Waals surface area (Å²) in [7, 11) is 0. The van der Waals surface area contributed by atoms with Crippen LogP contribution < -0.4 is 10.2 Å². The minimum atomic E-state index is -0.401. The van der Waals surface area contributed by atoms with E-state index >= 15 is 0 Å². The Morgan fingerprint density at radius 1 is 1.15 bits per heavy atom. The van der Waals surface area contributed by atoms with Gasteiger partial charge in [0, 0.05) is 25.2 Å². The third kappa shape index (κ3) is 5.01. The van der Waals surface area contributed by atoms with Gasteiger partial charge < -0.3 is 14.6 Å². The van der Waals surface area contributed by atoms with Crippen LogP contribution in [0.4, 0.5) is 5.88 Å². The molecule has 1 fully saturated rings. The average Bonchev–Trinajstić information content (AvgIpc) is 2.99. The maximum Gasteiger partial charge on any atom is 0.262 e. The number of furan rings is 1. The smallest absolute Gasteiger partial charge is 0.262 e. The molecule has 5 heteroatoms. The molecule has 1 atom stereocenters. The second-order valence-electron chi connectivity index (χ2n) is 6.85. The molecule has 0 bridgehead atoms. The van der Waals surface area contributed by atoms with Crippen LogP contribution in [0.1, 0.15) is 50.0 Å². The average molecular weight is 363 g/mol. The zero-order valence-corrected chi connectivity index (χ0v) is 15.6. The third-order valence-corrected chi connectivity index (χ3v) is 4.83. The Bertz CT molecular complexity index is 825. The molecule has 1 aromatic heterocycles. The first kappa shape index (κ1) is 18.8. The van der Waals surface area contributed by atoms with Crippen LogP contribution in [0.3, 0.4) is 0 Å². The molecular weight excluding hydrogens is 338 g/mol. The summed E-state index contributed by atoms with van der Waals surface area (Å²) in [5, 5.41) is 12.3. The van der Waals surface area contributed by atoms with Crippen molar-refractivity contribution < 1.29 is 9.21 Å². The van der Waals surface area contributed by atoms with E-state index in [2.05, 4.69) is 10.2 Å². The van der Waals surface area contributed by atoms with Crippen molar-refractivity contribution in [3.05, 3.63) is 59.4 Å². The van der Waals surface area contributed by atoms with Gasteiger partial charge >= 0.3 is 0 Å². The second kappa shape index (κ2) is 9.09. The highest BCUT2D eigenvalue weighted by Gasteiger charge is 2.16. The number of hydrogen-bond donors (Lipinski definition) is 1. The molecule has 140 valence electrons. The van der Waals surface area contributed by atoms with Crippen molar-refractivity contribution in [2.24, 2.45) is 0 Å². The van der Waals surface area contributed by atoms with Gasteiger partial charge in [0.05, 0.1) is 6.04 Å². The number of rotatable bonds is 5. The second-order valence-corrected chi connectivity index (χ2v) is 6.85. The Balaban J connectivity index is 1.68. The standard InChI is InChI=1S/C22H25N3O2/c1-17(18-9-5-4-6-10-18)24-22(26)19(16-23)15-20-11-12-21(27-20)25-13-7-2-3-8-14-25/h4-6,9-12,15,17H,2-3,7-8,13-14H2,1H3,(H,24,26)/b19-15-/t17-/m1/s1. The zero-order chi connectivity index (χ0) is 19.1. The molecule has 1 aliphatic rings. The number of nitrogens with zero attached hydrogens (tertiary/aromatic N) is 2. The summed E-state index contributed by atoms with van der Waals surface area (Å²) in [6.07, 6.45) is 6.34. The van der Waals surface area contributed by atoms with Crippen molar-refractivity contribution in [2.45, 2.75) is 38.6 Å². The number of anilines is 1. The molecule has 2 heterocycles. The summed E-state index contributed by atoms with van der Waals surface area (Å²) < 4.78 is 5.87. The van der Waals surface area contributed by atoms with Crippen molar-refractivity contribution in [1.82, 2.24) is 5.32 Å². The molecule has 0 spiro atoms. The van der Waals surface area contributed by atoms with Crippen molar-refractivity contribution in [2.75, 3.05) is 18.0 Å². The van der Waals surface area contributed by atoms with Crippen LogP contribution in [0.15, 0.2) is 52.5 Å². The lowest BCUT2D eigenvalue weighted by Crippen LogP contribution is -2.27. The van der Waals surface area contributed by atoms with Crippen LogP contribution in [-0.2, 0) is 4.79 Å². The highest BCUT2D eigenvalue weighted by Crippen LogP contribution is 2.23. The van der Waals surface area contributed by atoms with Gasteiger partial charge in [-0.25, -0.2) is 0 Å². The number of carbonyl (C=O) groups excluding carboxylic acids is 1. The molecule has 1 amide bonds. The minimum absolute atomic E-state index is 0.0366. The van der Waals surface area contributed by atoms with E-state index in [4.69, 9.17) is 4.42 Å². The van der Waals surface area contributed by atoms with Crippen LogP contribution in [0.25, 0.3) is 6.08 Å². The fourth-order valence-electron chi connectivity index (χ4n) is 3.27. The molecule has 1 saturated heterocycles. The summed E-state index contributed by atoms with van der Waals surface area (Å²) in [6, 6.07) is 15.2. The summed E-state index contributed by atoms with van der Waals surface area (Å²) in [5.74, 6) is 0.924. The van der Waals surface area contributed by atoms with Crippen LogP contribution in [0.2, 0.25) is 0 Å². The van der Waals surface area contributed by atoms with E-state index in [1.165, 1.54) is 18.9 Å². The molecule has 1 N–H and O–H groups in total. The maximum absolute atomic E-state index is 12.5. The predicted octanol–water partition coefficient (Wildman–Crippen LogP) is 4.44. The van der Waals surface area contributed by atoms with Gasteiger partial charge in [0.15, 0.2) is 5.88 Å². The molecule has 0 aliphatic carbocycles. The fourth-order valence-corrected chi connectivity index (χ4v) is 3.27. The predicted molar refractivity (Wildman–Crippen MR) is 106 cm³/mol. The Kier molecular flexibility index (Phi) is 6.32.